The fraction of sp³-hybridized carbons (Fsp3) is 0.200. The smallest absolute Gasteiger partial charge is 0.355 e. The largest absolute Gasteiger partial charge is 0.461 e. The van der Waals surface area contributed by atoms with Gasteiger partial charge in [0.25, 0.3) is 0 Å². The fourth-order valence-electron chi connectivity index (χ4n) is 2.00. The van der Waals surface area contributed by atoms with Gasteiger partial charge in [-0.2, -0.15) is 0 Å². The summed E-state index contributed by atoms with van der Waals surface area (Å²) >= 11 is 2.37. The maximum atomic E-state index is 12.0. The second kappa shape index (κ2) is 6.84. The van der Waals surface area contributed by atoms with Gasteiger partial charge in [0.05, 0.1) is 13.2 Å². The predicted molar refractivity (Wildman–Crippen MR) is 89.0 cm³/mol. The van der Waals surface area contributed by atoms with Crippen LogP contribution >= 0.6 is 22.7 Å². The first-order valence-electron chi connectivity index (χ1n) is 6.92. The van der Waals surface area contributed by atoms with Gasteiger partial charge in [0, 0.05) is 10.9 Å². The van der Waals surface area contributed by atoms with E-state index in [0.717, 1.165) is 21.9 Å². The lowest BCUT2D eigenvalue weighted by Crippen LogP contribution is -2.20. The van der Waals surface area contributed by atoms with Crippen LogP contribution in [0.1, 0.15) is 22.4 Å². The number of carbonyl (C=O) groups excluding carboxylic acids is 1. The van der Waals surface area contributed by atoms with Crippen molar-refractivity contribution in [3.8, 4) is 10.6 Å². The number of thiazole rings is 1. The molecule has 6 nitrogen and oxygen atoms in total. The summed E-state index contributed by atoms with van der Waals surface area (Å²) in [5.41, 5.74) is 1.22. The zero-order chi connectivity index (χ0) is 16.2. The van der Waals surface area contributed by atoms with Crippen LogP contribution in [-0.4, -0.2) is 27.3 Å². The molecule has 3 aromatic rings. The molecule has 0 bridgehead atoms. The Labute approximate surface area is 140 Å². The van der Waals surface area contributed by atoms with Crippen LogP contribution < -0.4 is 4.87 Å². The van der Waals surface area contributed by atoms with Crippen molar-refractivity contribution in [1.82, 2.24) is 14.8 Å². The summed E-state index contributed by atoms with van der Waals surface area (Å²) in [5.74, 6) is -0.501. The molecule has 0 atom stereocenters. The third-order valence-electron chi connectivity index (χ3n) is 3.05. The highest BCUT2D eigenvalue weighted by Crippen LogP contribution is 2.23. The summed E-state index contributed by atoms with van der Waals surface area (Å²) < 4.78 is 6.34. The van der Waals surface area contributed by atoms with Crippen LogP contribution in [0.15, 0.2) is 40.5 Å². The van der Waals surface area contributed by atoms with Crippen LogP contribution in [-0.2, 0) is 11.3 Å². The number of nitrogens with zero attached hydrogens (tertiary/aromatic N) is 3. The van der Waals surface area contributed by atoms with E-state index in [4.69, 9.17) is 4.74 Å². The Hall–Kier alpha value is -2.32. The molecule has 0 amide bonds. The van der Waals surface area contributed by atoms with Crippen LogP contribution in [0.5, 0.6) is 0 Å². The van der Waals surface area contributed by atoms with Crippen LogP contribution in [0.3, 0.4) is 0 Å². The predicted octanol–water partition coefficient (Wildman–Crippen LogP) is 2.65. The maximum Gasteiger partial charge on any atom is 0.355 e. The van der Waals surface area contributed by atoms with Gasteiger partial charge >= 0.3 is 10.8 Å². The zero-order valence-corrected chi connectivity index (χ0v) is 13.9. The Kier molecular flexibility index (Phi) is 4.63. The third kappa shape index (κ3) is 3.38. The van der Waals surface area contributed by atoms with E-state index >= 15 is 0 Å². The van der Waals surface area contributed by atoms with Crippen molar-refractivity contribution in [2.45, 2.75) is 13.5 Å². The topological polar surface area (TPSA) is 74.1 Å². The van der Waals surface area contributed by atoms with E-state index in [2.05, 4.69) is 10.2 Å². The summed E-state index contributed by atoms with van der Waals surface area (Å²) in [5, 5.41) is 11.2. The third-order valence-corrected chi connectivity index (χ3v) is 4.77. The van der Waals surface area contributed by atoms with E-state index in [-0.39, 0.29) is 23.7 Å². The Bertz CT molecular complexity index is 867. The molecule has 1 aromatic carbocycles. The maximum absolute atomic E-state index is 12.0. The minimum absolute atomic E-state index is 0.209. The average molecular weight is 347 g/mol. The molecule has 0 radical (unpaired) electrons. The van der Waals surface area contributed by atoms with Crippen LogP contribution in [0.25, 0.3) is 10.6 Å². The molecule has 0 N–H and O–H groups in total. The summed E-state index contributed by atoms with van der Waals surface area (Å²) in [7, 11) is 0. The number of rotatable bonds is 5. The molecule has 2 heterocycles. The fourth-order valence-corrected chi connectivity index (χ4v) is 3.56. The van der Waals surface area contributed by atoms with Gasteiger partial charge in [0.1, 0.15) is 15.7 Å². The quantitative estimate of drug-likeness (QED) is 0.663. The highest BCUT2D eigenvalue weighted by molar-refractivity contribution is 7.14. The Balaban J connectivity index is 1.86. The van der Waals surface area contributed by atoms with Gasteiger partial charge in [-0.25, -0.2) is 4.79 Å². The number of benzene rings is 1. The monoisotopic (exact) mass is 347 g/mol. The first-order chi connectivity index (χ1) is 11.2. The lowest BCUT2D eigenvalue weighted by molar-refractivity contribution is 0.0514. The van der Waals surface area contributed by atoms with Gasteiger partial charge in [-0.15, -0.1) is 10.2 Å². The molecule has 0 spiro atoms. The first-order valence-corrected chi connectivity index (χ1v) is 8.62. The number of carbonyl (C=O) groups is 1. The molecular formula is C15H13N3O3S2. The minimum Gasteiger partial charge on any atom is -0.461 e. The molecule has 118 valence electrons. The SMILES string of the molecule is CCOC(=O)c1csc(=O)n1Cc1nnc(-c2ccccc2)s1. The van der Waals surface area contributed by atoms with Gasteiger partial charge in [0.15, 0.2) is 0 Å². The molecule has 0 aliphatic carbocycles. The Morgan fingerprint density at radius 2 is 2.04 bits per heavy atom. The second-order valence-electron chi connectivity index (χ2n) is 4.56. The number of ether oxygens (including phenoxy) is 1. The van der Waals surface area contributed by atoms with Gasteiger partial charge in [0.2, 0.25) is 0 Å². The number of aromatic nitrogens is 3. The van der Waals surface area contributed by atoms with Crippen LogP contribution in [0.2, 0.25) is 0 Å². The molecule has 0 saturated heterocycles. The van der Waals surface area contributed by atoms with Crippen LogP contribution in [0, 0.1) is 0 Å². The summed E-state index contributed by atoms with van der Waals surface area (Å²) in [4.78, 5) is 23.6. The van der Waals surface area contributed by atoms with E-state index in [1.165, 1.54) is 21.3 Å². The molecule has 2 aromatic heterocycles. The first kappa shape index (κ1) is 15.6. The Morgan fingerprint density at radius 1 is 1.26 bits per heavy atom. The highest BCUT2D eigenvalue weighted by Gasteiger charge is 2.17. The molecule has 0 aliphatic rings. The molecule has 0 fully saturated rings. The van der Waals surface area contributed by atoms with Gasteiger partial charge in [-0.1, -0.05) is 53.0 Å². The van der Waals surface area contributed by atoms with Crippen molar-refractivity contribution in [3.05, 3.63) is 56.1 Å². The van der Waals surface area contributed by atoms with Crippen LogP contribution in [0.4, 0.5) is 0 Å². The standard InChI is InChI=1S/C15H13N3O3S2/c1-2-21-14(19)11-9-22-15(20)18(11)8-12-16-17-13(23-12)10-6-4-3-5-7-10/h3-7,9H,2,8H2,1H3. The molecule has 8 heteroatoms. The number of hydrogen-bond donors (Lipinski definition) is 0. The molecular weight excluding hydrogens is 334 g/mol. The minimum atomic E-state index is -0.501. The van der Waals surface area contributed by atoms with E-state index in [1.807, 2.05) is 30.3 Å². The van der Waals surface area contributed by atoms with Crippen molar-refractivity contribution < 1.29 is 9.53 Å². The van der Waals surface area contributed by atoms with Gasteiger partial charge in [-0.05, 0) is 6.92 Å². The van der Waals surface area contributed by atoms with Crippen molar-refractivity contribution >= 4 is 28.6 Å². The van der Waals surface area contributed by atoms with Crippen molar-refractivity contribution in [2.75, 3.05) is 6.61 Å². The zero-order valence-electron chi connectivity index (χ0n) is 12.3. The lowest BCUT2D eigenvalue weighted by atomic mass is 10.2. The second-order valence-corrected chi connectivity index (χ2v) is 6.44. The van der Waals surface area contributed by atoms with E-state index in [1.54, 1.807) is 6.92 Å². The Morgan fingerprint density at radius 3 is 2.78 bits per heavy atom. The molecule has 0 aliphatic heterocycles. The number of esters is 1. The lowest BCUT2D eigenvalue weighted by Gasteiger charge is -2.04. The summed E-state index contributed by atoms with van der Waals surface area (Å²) in [6.45, 7) is 2.20. The van der Waals surface area contributed by atoms with E-state index in [9.17, 15) is 9.59 Å². The normalized spacial score (nSPS) is 10.7. The van der Waals surface area contributed by atoms with E-state index < -0.39 is 5.97 Å². The van der Waals surface area contributed by atoms with Crippen molar-refractivity contribution in [1.29, 1.82) is 0 Å². The molecule has 0 saturated carbocycles. The molecule has 23 heavy (non-hydrogen) atoms. The van der Waals surface area contributed by atoms with Crippen molar-refractivity contribution in [3.63, 3.8) is 0 Å². The van der Waals surface area contributed by atoms with E-state index in [0.29, 0.717) is 5.01 Å². The summed E-state index contributed by atoms with van der Waals surface area (Å²) in [6.07, 6.45) is 0. The number of hydrogen-bond acceptors (Lipinski definition) is 7. The molecule has 0 unspecified atom stereocenters. The van der Waals surface area contributed by atoms with Gasteiger partial charge < -0.3 is 4.74 Å². The molecule has 3 rings (SSSR count). The van der Waals surface area contributed by atoms with Gasteiger partial charge in [-0.3, -0.25) is 9.36 Å². The van der Waals surface area contributed by atoms with Crippen molar-refractivity contribution in [2.24, 2.45) is 0 Å². The average Bonchev–Trinajstić information content (AvgIpc) is 3.17. The highest BCUT2D eigenvalue weighted by atomic mass is 32.1. The summed E-state index contributed by atoms with van der Waals surface area (Å²) in [6, 6.07) is 9.69.